The van der Waals surface area contributed by atoms with Gasteiger partial charge in [-0.15, -0.1) is 0 Å². The number of sulfone groups is 1. The summed E-state index contributed by atoms with van der Waals surface area (Å²) in [6.45, 7) is 0.276. The van der Waals surface area contributed by atoms with Gasteiger partial charge in [-0.1, -0.05) is 0 Å². The average molecular weight is 326 g/mol. The SMILES string of the molecule is O=C(NCc1ccncc1)c1ccc(S(=O)(=O)C(F)F)cc1. The molecule has 0 radical (unpaired) electrons. The smallest absolute Gasteiger partial charge is 0.341 e. The van der Waals surface area contributed by atoms with Gasteiger partial charge in [-0.05, 0) is 42.0 Å². The van der Waals surface area contributed by atoms with Crippen LogP contribution in [-0.2, 0) is 16.4 Å². The van der Waals surface area contributed by atoms with Gasteiger partial charge in [-0.2, -0.15) is 8.78 Å². The van der Waals surface area contributed by atoms with Crippen LogP contribution in [-0.4, -0.2) is 25.1 Å². The second-order valence-corrected chi connectivity index (χ2v) is 6.29. The van der Waals surface area contributed by atoms with Crippen molar-refractivity contribution in [1.82, 2.24) is 10.3 Å². The molecule has 2 aromatic rings. The van der Waals surface area contributed by atoms with Crippen LogP contribution in [0.4, 0.5) is 8.78 Å². The van der Waals surface area contributed by atoms with Crippen molar-refractivity contribution >= 4 is 15.7 Å². The van der Waals surface area contributed by atoms with E-state index in [4.69, 9.17) is 0 Å². The maximum absolute atomic E-state index is 12.4. The topological polar surface area (TPSA) is 76.1 Å². The molecule has 0 aliphatic heterocycles. The summed E-state index contributed by atoms with van der Waals surface area (Å²) < 4.78 is 47.3. The summed E-state index contributed by atoms with van der Waals surface area (Å²) in [5, 5.41) is 2.63. The maximum Gasteiger partial charge on any atom is 0.341 e. The van der Waals surface area contributed by atoms with Crippen molar-refractivity contribution in [2.24, 2.45) is 0 Å². The Hall–Kier alpha value is -2.35. The van der Waals surface area contributed by atoms with Crippen LogP contribution in [0.25, 0.3) is 0 Å². The van der Waals surface area contributed by atoms with E-state index < -0.39 is 26.4 Å². The van der Waals surface area contributed by atoms with Crippen LogP contribution < -0.4 is 5.32 Å². The van der Waals surface area contributed by atoms with Crippen LogP contribution in [0.3, 0.4) is 0 Å². The summed E-state index contributed by atoms with van der Waals surface area (Å²) in [6.07, 6.45) is 3.18. The number of nitrogens with one attached hydrogen (secondary N) is 1. The molecule has 1 amide bonds. The molecule has 0 unspecified atom stereocenters. The summed E-state index contributed by atoms with van der Waals surface area (Å²) in [5.41, 5.74) is 1.03. The molecular weight excluding hydrogens is 314 g/mol. The van der Waals surface area contributed by atoms with E-state index >= 15 is 0 Å². The Balaban J connectivity index is 2.06. The lowest BCUT2D eigenvalue weighted by molar-refractivity contribution is 0.0951. The molecule has 0 aliphatic rings. The quantitative estimate of drug-likeness (QED) is 0.912. The summed E-state index contributed by atoms with van der Waals surface area (Å²) in [5.74, 6) is -3.92. The second kappa shape index (κ2) is 6.61. The second-order valence-electron chi connectivity index (χ2n) is 4.37. The molecular formula is C14H12F2N2O3S. The van der Waals surface area contributed by atoms with Gasteiger partial charge < -0.3 is 5.32 Å². The lowest BCUT2D eigenvalue weighted by atomic mass is 10.2. The largest absolute Gasteiger partial charge is 0.348 e. The number of aromatic nitrogens is 1. The molecule has 0 saturated heterocycles. The summed E-state index contributed by atoms with van der Waals surface area (Å²) in [6, 6.07) is 7.83. The fourth-order valence-corrected chi connectivity index (χ4v) is 2.41. The third-order valence-corrected chi connectivity index (χ3v) is 4.28. The fraction of sp³-hybridized carbons (Fsp3) is 0.143. The third kappa shape index (κ3) is 3.64. The molecule has 1 aromatic heterocycles. The Labute approximate surface area is 125 Å². The highest BCUT2D eigenvalue weighted by atomic mass is 32.2. The molecule has 22 heavy (non-hydrogen) atoms. The lowest BCUT2D eigenvalue weighted by Gasteiger charge is -2.07. The lowest BCUT2D eigenvalue weighted by Crippen LogP contribution is -2.22. The molecule has 1 aromatic carbocycles. The zero-order valence-electron chi connectivity index (χ0n) is 11.2. The standard InChI is InChI=1S/C14H12F2N2O3S/c15-14(16)22(20,21)12-3-1-11(2-4-12)13(19)18-9-10-5-7-17-8-6-10/h1-8,14H,9H2,(H,18,19). The van der Waals surface area contributed by atoms with Gasteiger partial charge in [0.25, 0.3) is 5.91 Å². The predicted molar refractivity (Wildman–Crippen MR) is 75.0 cm³/mol. The van der Waals surface area contributed by atoms with Crippen molar-refractivity contribution in [3.8, 4) is 0 Å². The molecule has 1 N–H and O–H groups in total. The first kappa shape index (κ1) is 16.0. The number of alkyl halides is 2. The van der Waals surface area contributed by atoms with Gasteiger partial charge in [-0.25, -0.2) is 8.42 Å². The van der Waals surface area contributed by atoms with Crippen molar-refractivity contribution in [2.75, 3.05) is 0 Å². The molecule has 2 rings (SSSR count). The Morgan fingerprint density at radius 1 is 1.09 bits per heavy atom. The highest BCUT2D eigenvalue weighted by Crippen LogP contribution is 2.18. The van der Waals surface area contributed by atoms with E-state index in [2.05, 4.69) is 10.3 Å². The molecule has 0 atom stereocenters. The number of carbonyl (C=O) groups is 1. The van der Waals surface area contributed by atoms with Crippen LogP contribution in [0.15, 0.2) is 53.7 Å². The first-order valence-corrected chi connectivity index (χ1v) is 7.75. The Morgan fingerprint density at radius 3 is 2.23 bits per heavy atom. The summed E-state index contributed by atoms with van der Waals surface area (Å²) >= 11 is 0. The highest BCUT2D eigenvalue weighted by Gasteiger charge is 2.26. The molecule has 116 valence electrons. The van der Waals surface area contributed by atoms with Crippen LogP contribution in [0, 0.1) is 0 Å². The van der Waals surface area contributed by atoms with Gasteiger partial charge in [-0.3, -0.25) is 9.78 Å². The van der Waals surface area contributed by atoms with Crippen molar-refractivity contribution in [2.45, 2.75) is 17.2 Å². The minimum Gasteiger partial charge on any atom is -0.348 e. The van der Waals surface area contributed by atoms with Gasteiger partial charge >= 0.3 is 5.76 Å². The Morgan fingerprint density at radius 2 is 1.68 bits per heavy atom. The van der Waals surface area contributed by atoms with Crippen LogP contribution >= 0.6 is 0 Å². The number of halogens is 2. The minimum atomic E-state index is -4.65. The van der Waals surface area contributed by atoms with Crippen molar-refractivity contribution in [3.05, 3.63) is 59.9 Å². The Bertz CT molecular complexity index is 747. The van der Waals surface area contributed by atoms with E-state index in [1.54, 1.807) is 24.5 Å². The van der Waals surface area contributed by atoms with E-state index in [0.717, 1.165) is 17.7 Å². The van der Waals surface area contributed by atoms with Crippen molar-refractivity contribution < 1.29 is 22.0 Å². The number of hydrogen-bond donors (Lipinski definition) is 1. The zero-order chi connectivity index (χ0) is 16.2. The van der Waals surface area contributed by atoms with E-state index in [0.29, 0.717) is 0 Å². The van der Waals surface area contributed by atoms with Crippen LogP contribution in [0.1, 0.15) is 15.9 Å². The number of rotatable bonds is 5. The van der Waals surface area contributed by atoms with Gasteiger partial charge in [0, 0.05) is 24.5 Å². The molecule has 1 heterocycles. The van der Waals surface area contributed by atoms with E-state index in [1.807, 2.05) is 0 Å². The molecule has 0 bridgehead atoms. The van der Waals surface area contributed by atoms with Gasteiger partial charge in [0.1, 0.15) is 0 Å². The van der Waals surface area contributed by atoms with E-state index in [1.165, 1.54) is 12.1 Å². The molecule has 0 fully saturated rings. The first-order valence-electron chi connectivity index (χ1n) is 6.20. The predicted octanol–water partition coefficient (Wildman–Crippen LogP) is 2.01. The van der Waals surface area contributed by atoms with E-state index in [-0.39, 0.29) is 12.1 Å². The number of benzene rings is 1. The summed E-state index contributed by atoms with van der Waals surface area (Å²) in [7, 11) is -4.65. The number of hydrogen-bond acceptors (Lipinski definition) is 4. The first-order chi connectivity index (χ1) is 10.4. The number of carbonyl (C=O) groups excluding carboxylic acids is 1. The fourth-order valence-electron chi connectivity index (χ4n) is 1.68. The molecule has 0 spiro atoms. The minimum absolute atomic E-state index is 0.183. The zero-order valence-corrected chi connectivity index (χ0v) is 12.1. The van der Waals surface area contributed by atoms with Crippen molar-refractivity contribution in [1.29, 1.82) is 0 Å². The highest BCUT2D eigenvalue weighted by molar-refractivity contribution is 7.91. The number of nitrogens with zero attached hydrogens (tertiary/aromatic N) is 1. The molecule has 5 nitrogen and oxygen atoms in total. The summed E-state index contributed by atoms with van der Waals surface area (Å²) in [4.78, 5) is 15.2. The number of pyridine rings is 1. The van der Waals surface area contributed by atoms with Crippen molar-refractivity contribution in [3.63, 3.8) is 0 Å². The number of amides is 1. The van der Waals surface area contributed by atoms with E-state index in [9.17, 15) is 22.0 Å². The van der Waals surface area contributed by atoms with Gasteiger partial charge in [0.15, 0.2) is 0 Å². The maximum atomic E-state index is 12.4. The van der Waals surface area contributed by atoms with Gasteiger partial charge in [0.05, 0.1) is 4.90 Å². The van der Waals surface area contributed by atoms with Crippen LogP contribution in [0.2, 0.25) is 0 Å². The third-order valence-electron chi connectivity index (χ3n) is 2.88. The normalized spacial score (nSPS) is 11.4. The average Bonchev–Trinajstić information content (AvgIpc) is 2.53. The molecule has 0 aliphatic carbocycles. The van der Waals surface area contributed by atoms with Gasteiger partial charge in [0.2, 0.25) is 9.84 Å². The van der Waals surface area contributed by atoms with Crippen LogP contribution in [0.5, 0.6) is 0 Å². The monoisotopic (exact) mass is 326 g/mol. The molecule has 8 heteroatoms. The molecule has 0 saturated carbocycles. The Kier molecular flexibility index (Phi) is 4.81.